The molecular formula is C13H15ClN2O2. The van der Waals surface area contributed by atoms with Gasteiger partial charge in [-0.2, -0.15) is 0 Å². The predicted molar refractivity (Wildman–Crippen MR) is 70.7 cm³/mol. The van der Waals surface area contributed by atoms with Crippen molar-refractivity contribution in [3.05, 3.63) is 28.3 Å². The van der Waals surface area contributed by atoms with Gasteiger partial charge in [-0.25, -0.2) is 0 Å². The van der Waals surface area contributed by atoms with Crippen molar-refractivity contribution >= 4 is 29.1 Å². The van der Waals surface area contributed by atoms with E-state index in [9.17, 15) is 9.59 Å². The smallest absolute Gasteiger partial charge is 0.313 e. The van der Waals surface area contributed by atoms with Gasteiger partial charge in [0.15, 0.2) is 0 Å². The Morgan fingerprint density at radius 1 is 1.22 bits per heavy atom. The van der Waals surface area contributed by atoms with Crippen LogP contribution in [0.2, 0.25) is 5.02 Å². The highest BCUT2D eigenvalue weighted by Crippen LogP contribution is 2.27. The molecular weight excluding hydrogens is 252 g/mol. The van der Waals surface area contributed by atoms with Gasteiger partial charge in [0, 0.05) is 6.04 Å². The van der Waals surface area contributed by atoms with E-state index in [0.29, 0.717) is 10.7 Å². The number of nitrogens with one attached hydrogen (secondary N) is 2. The van der Waals surface area contributed by atoms with Gasteiger partial charge in [-0.3, -0.25) is 9.59 Å². The first-order valence-electron chi connectivity index (χ1n) is 5.86. The second kappa shape index (κ2) is 4.98. The molecule has 1 saturated carbocycles. The summed E-state index contributed by atoms with van der Waals surface area (Å²) in [5.74, 6) is -1.27. The van der Waals surface area contributed by atoms with Gasteiger partial charge in [0.05, 0.1) is 10.7 Å². The highest BCUT2D eigenvalue weighted by Gasteiger charge is 2.26. The number of benzene rings is 1. The molecule has 0 heterocycles. The van der Waals surface area contributed by atoms with Gasteiger partial charge in [-0.05, 0) is 43.9 Å². The lowest BCUT2D eigenvalue weighted by Crippen LogP contribution is -2.36. The van der Waals surface area contributed by atoms with Crippen molar-refractivity contribution in [1.82, 2.24) is 5.32 Å². The quantitative estimate of drug-likeness (QED) is 0.806. The number of hydrogen-bond donors (Lipinski definition) is 2. The summed E-state index contributed by atoms with van der Waals surface area (Å²) >= 11 is 6.06. The lowest BCUT2D eigenvalue weighted by atomic mass is 10.1. The number of carbonyl (C=O) groups excluding carboxylic acids is 2. The molecule has 4 nitrogen and oxygen atoms in total. The van der Waals surface area contributed by atoms with E-state index in [0.717, 1.165) is 24.0 Å². The number of carbonyl (C=O) groups is 2. The fourth-order valence-corrected chi connectivity index (χ4v) is 2.09. The Morgan fingerprint density at radius 2 is 1.89 bits per heavy atom. The lowest BCUT2D eigenvalue weighted by Gasteiger charge is -2.11. The Labute approximate surface area is 111 Å². The first-order valence-corrected chi connectivity index (χ1v) is 6.24. The minimum absolute atomic E-state index is 0.165. The van der Waals surface area contributed by atoms with Crippen molar-refractivity contribution in [1.29, 1.82) is 0 Å². The van der Waals surface area contributed by atoms with E-state index >= 15 is 0 Å². The summed E-state index contributed by atoms with van der Waals surface area (Å²) in [7, 11) is 0. The van der Waals surface area contributed by atoms with Gasteiger partial charge in [-0.1, -0.05) is 17.7 Å². The minimum Gasteiger partial charge on any atom is -0.345 e. The average Bonchev–Trinajstić information content (AvgIpc) is 3.06. The molecule has 1 aromatic carbocycles. The third-order valence-corrected chi connectivity index (χ3v) is 3.09. The number of amides is 2. The van der Waals surface area contributed by atoms with E-state index < -0.39 is 11.8 Å². The summed E-state index contributed by atoms with van der Waals surface area (Å²) in [4.78, 5) is 23.2. The van der Waals surface area contributed by atoms with Crippen molar-refractivity contribution in [2.75, 3.05) is 5.32 Å². The fraction of sp³-hybridized carbons (Fsp3) is 0.385. The highest BCUT2D eigenvalue weighted by atomic mass is 35.5. The van der Waals surface area contributed by atoms with E-state index in [2.05, 4.69) is 10.6 Å². The van der Waals surface area contributed by atoms with Crippen LogP contribution in [0.15, 0.2) is 12.1 Å². The molecule has 5 heteroatoms. The first kappa shape index (κ1) is 12.9. The molecule has 1 aliphatic carbocycles. The summed E-state index contributed by atoms with van der Waals surface area (Å²) in [6.07, 6.45) is 1.90. The van der Waals surface area contributed by atoms with E-state index in [1.807, 2.05) is 19.9 Å². The van der Waals surface area contributed by atoms with Crippen LogP contribution >= 0.6 is 11.6 Å². The molecule has 0 bridgehead atoms. The standard InChI is InChI=1S/C13H15ClN2O2/c1-7-5-8(2)11(10(14)6-7)16-13(18)12(17)15-9-3-4-9/h5-6,9H,3-4H2,1-2H3,(H,15,17)(H,16,18). The Morgan fingerprint density at radius 3 is 2.44 bits per heavy atom. The number of hydrogen-bond acceptors (Lipinski definition) is 2. The minimum atomic E-state index is -0.671. The van der Waals surface area contributed by atoms with Crippen LogP contribution in [0.3, 0.4) is 0 Å². The zero-order valence-corrected chi connectivity index (χ0v) is 11.1. The lowest BCUT2D eigenvalue weighted by molar-refractivity contribution is -0.136. The zero-order chi connectivity index (χ0) is 13.3. The summed E-state index contributed by atoms with van der Waals surface area (Å²) in [6.45, 7) is 3.76. The van der Waals surface area contributed by atoms with E-state index in [-0.39, 0.29) is 6.04 Å². The molecule has 2 amide bonds. The molecule has 0 saturated heterocycles. The second-order valence-corrected chi connectivity index (χ2v) is 5.05. The van der Waals surface area contributed by atoms with Crippen molar-refractivity contribution in [3.8, 4) is 0 Å². The van der Waals surface area contributed by atoms with E-state index in [4.69, 9.17) is 11.6 Å². The zero-order valence-electron chi connectivity index (χ0n) is 10.3. The first-order chi connectivity index (χ1) is 8.47. The molecule has 2 rings (SSSR count). The number of rotatable bonds is 2. The Hall–Kier alpha value is -1.55. The third kappa shape index (κ3) is 3.01. The molecule has 0 unspecified atom stereocenters. The van der Waals surface area contributed by atoms with Gasteiger partial charge in [0.2, 0.25) is 0 Å². The monoisotopic (exact) mass is 266 g/mol. The SMILES string of the molecule is Cc1cc(C)c(NC(=O)C(=O)NC2CC2)c(Cl)c1. The van der Waals surface area contributed by atoms with Crippen LogP contribution in [-0.2, 0) is 9.59 Å². The van der Waals surface area contributed by atoms with Gasteiger partial charge in [-0.15, -0.1) is 0 Å². The Kier molecular flexibility index (Phi) is 3.57. The van der Waals surface area contributed by atoms with Crippen LogP contribution in [-0.4, -0.2) is 17.9 Å². The van der Waals surface area contributed by atoms with Gasteiger partial charge in [0.1, 0.15) is 0 Å². The summed E-state index contributed by atoms with van der Waals surface area (Å²) < 4.78 is 0. The number of aryl methyl sites for hydroxylation is 2. The number of halogens is 1. The normalized spacial score (nSPS) is 14.2. The van der Waals surface area contributed by atoms with Crippen molar-refractivity contribution < 1.29 is 9.59 Å². The van der Waals surface area contributed by atoms with Crippen LogP contribution in [0.5, 0.6) is 0 Å². The molecule has 0 spiro atoms. The highest BCUT2D eigenvalue weighted by molar-refractivity contribution is 6.41. The van der Waals surface area contributed by atoms with Crippen LogP contribution in [0, 0.1) is 13.8 Å². The molecule has 0 aromatic heterocycles. The van der Waals surface area contributed by atoms with E-state index in [1.165, 1.54) is 0 Å². The van der Waals surface area contributed by atoms with Crippen LogP contribution < -0.4 is 10.6 Å². The predicted octanol–water partition coefficient (Wildman–Crippen LogP) is 2.17. The maximum absolute atomic E-state index is 11.7. The molecule has 2 N–H and O–H groups in total. The molecule has 0 radical (unpaired) electrons. The summed E-state index contributed by atoms with van der Waals surface area (Å²) in [5, 5.41) is 5.63. The second-order valence-electron chi connectivity index (χ2n) is 4.64. The molecule has 96 valence electrons. The molecule has 0 atom stereocenters. The average molecular weight is 267 g/mol. The van der Waals surface area contributed by atoms with Crippen molar-refractivity contribution in [2.45, 2.75) is 32.7 Å². The van der Waals surface area contributed by atoms with Crippen LogP contribution in [0.25, 0.3) is 0 Å². The third-order valence-electron chi connectivity index (χ3n) is 2.79. The van der Waals surface area contributed by atoms with Gasteiger partial charge >= 0.3 is 11.8 Å². The topological polar surface area (TPSA) is 58.2 Å². The van der Waals surface area contributed by atoms with Crippen LogP contribution in [0.1, 0.15) is 24.0 Å². The summed E-state index contributed by atoms with van der Waals surface area (Å²) in [6, 6.07) is 3.82. The maximum Gasteiger partial charge on any atom is 0.313 e. The fourth-order valence-electron chi connectivity index (χ4n) is 1.72. The van der Waals surface area contributed by atoms with Crippen molar-refractivity contribution in [2.24, 2.45) is 0 Å². The Bertz CT molecular complexity index is 487. The van der Waals surface area contributed by atoms with Gasteiger partial charge < -0.3 is 10.6 Å². The largest absolute Gasteiger partial charge is 0.345 e. The Balaban J connectivity index is 2.08. The summed E-state index contributed by atoms with van der Waals surface area (Å²) in [5.41, 5.74) is 2.35. The van der Waals surface area contributed by atoms with Crippen LogP contribution in [0.4, 0.5) is 5.69 Å². The molecule has 0 aliphatic heterocycles. The number of anilines is 1. The molecule has 1 aliphatic rings. The molecule has 1 aromatic rings. The van der Waals surface area contributed by atoms with E-state index in [1.54, 1.807) is 6.07 Å². The molecule has 1 fully saturated rings. The molecule has 18 heavy (non-hydrogen) atoms. The van der Waals surface area contributed by atoms with Gasteiger partial charge in [0.25, 0.3) is 0 Å². The maximum atomic E-state index is 11.7. The van der Waals surface area contributed by atoms with Crippen molar-refractivity contribution in [3.63, 3.8) is 0 Å².